The molecule has 0 spiro atoms. The van der Waals surface area contributed by atoms with E-state index in [1.165, 1.54) is 6.92 Å². The first-order chi connectivity index (χ1) is 20.6. The first-order valence-electron chi connectivity index (χ1n) is 14.0. The first kappa shape index (κ1) is 28.7. The normalized spacial score (nSPS) is 12.1. The SMILES string of the molecule is COc1cc2c(cc1OCc1ccccc1)C(Cc1ccc(OCc3ccccc3)c(OC)c1COC(C)=O)=NCC2. The van der Waals surface area contributed by atoms with Crippen LogP contribution in [0.1, 0.15) is 40.3 Å². The third kappa shape index (κ3) is 6.92. The first-order valence-corrected chi connectivity index (χ1v) is 14.0. The molecule has 0 atom stereocenters. The molecule has 0 aliphatic carbocycles. The second-order valence-electron chi connectivity index (χ2n) is 9.98. The quantitative estimate of drug-likeness (QED) is 0.182. The zero-order chi connectivity index (χ0) is 29.3. The molecular weight excluding hydrogens is 530 g/mol. The Morgan fingerprint density at radius 2 is 1.43 bits per heavy atom. The second kappa shape index (κ2) is 13.7. The van der Waals surface area contributed by atoms with E-state index in [9.17, 15) is 4.79 Å². The molecule has 0 saturated heterocycles. The summed E-state index contributed by atoms with van der Waals surface area (Å²) in [5.41, 5.74) is 6.90. The fourth-order valence-corrected chi connectivity index (χ4v) is 5.03. The van der Waals surface area contributed by atoms with Gasteiger partial charge in [0.15, 0.2) is 23.0 Å². The molecule has 0 radical (unpaired) electrons. The summed E-state index contributed by atoms with van der Waals surface area (Å²) in [6, 6.07) is 27.9. The van der Waals surface area contributed by atoms with Crippen molar-refractivity contribution in [3.63, 3.8) is 0 Å². The van der Waals surface area contributed by atoms with Gasteiger partial charge >= 0.3 is 5.97 Å². The van der Waals surface area contributed by atoms with E-state index in [1.54, 1.807) is 14.2 Å². The third-order valence-corrected chi connectivity index (χ3v) is 7.16. The van der Waals surface area contributed by atoms with Crippen molar-refractivity contribution in [2.75, 3.05) is 20.8 Å². The molecule has 0 amide bonds. The summed E-state index contributed by atoms with van der Waals surface area (Å²) in [6.45, 7) is 2.94. The monoisotopic (exact) mass is 565 g/mol. The van der Waals surface area contributed by atoms with Crippen molar-refractivity contribution in [1.82, 2.24) is 0 Å². The fraction of sp³-hybridized carbons (Fsp3) is 0.257. The highest BCUT2D eigenvalue weighted by atomic mass is 16.5. The number of benzene rings is 4. The van der Waals surface area contributed by atoms with Crippen LogP contribution < -0.4 is 18.9 Å². The molecule has 0 fully saturated rings. The van der Waals surface area contributed by atoms with Gasteiger partial charge in [0.2, 0.25) is 0 Å². The zero-order valence-electron chi connectivity index (χ0n) is 24.2. The lowest BCUT2D eigenvalue weighted by molar-refractivity contribution is -0.142. The number of methoxy groups -OCH3 is 2. The Bertz CT molecular complexity index is 1550. The summed E-state index contributed by atoms with van der Waals surface area (Å²) in [6.07, 6.45) is 1.33. The summed E-state index contributed by atoms with van der Waals surface area (Å²) in [5, 5.41) is 0. The zero-order valence-corrected chi connectivity index (χ0v) is 24.2. The maximum Gasteiger partial charge on any atom is 0.302 e. The maximum atomic E-state index is 11.8. The van der Waals surface area contributed by atoms with Crippen LogP contribution in [-0.2, 0) is 42.2 Å². The number of rotatable bonds is 12. The molecule has 0 N–H and O–H groups in total. The summed E-state index contributed by atoms with van der Waals surface area (Å²) < 4.78 is 29.3. The molecule has 1 aliphatic heterocycles. The van der Waals surface area contributed by atoms with Crippen molar-refractivity contribution >= 4 is 11.7 Å². The van der Waals surface area contributed by atoms with Gasteiger partial charge in [0.1, 0.15) is 19.8 Å². The van der Waals surface area contributed by atoms with E-state index in [1.807, 2.05) is 84.9 Å². The summed E-state index contributed by atoms with van der Waals surface area (Å²) in [7, 11) is 3.26. The molecule has 216 valence electrons. The highest BCUT2D eigenvalue weighted by molar-refractivity contribution is 6.04. The molecule has 0 bridgehead atoms. The minimum atomic E-state index is -0.369. The van der Waals surface area contributed by atoms with Gasteiger partial charge in [0, 0.05) is 36.7 Å². The lowest BCUT2D eigenvalue weighted by atomic mass is 9.91. The Balaban J connectivity index is 1.44. The summed E-state index contributed by atoms with van der Waals surface area (Å²) >= 11 is 0. The molecule has 1 aliphatic rings. The van der Waals surface area contributed by atoms with E-state index in [0.29, 0.717) is 49.2 Å². The Kier molecular flexibility index (Phi) is 9.39. The lowest BCUT2D eigenvalue weighted by Gasteiger charge is -2.22. The van der Waals surface area contributed by atoms with Crippen molar-refractivity contribution in [2.24, 2.45) is 4.99 Å². The topological polar surface area (TPSA) is 75.6 Å². The van der Waals surface area contributed by atoms with Crippen molar-refractivity contribution in [3.8, 4) is 23.0 Å². The van der Waals surface area contributed by atoms with Gasteiger partial charge in [-0.2, -0.15) is 0 Å². The van der Waals surface area contributed by atoms with Gasteiger partial charge in [-0.25, -0.2) is 0 Å². The number of hydrogen-bond acceptors (Lipinski definition) is 7. The minimum absolute atomic E-state index is 0.0601. The van der Waals surface area contributed by atoms with Crippen LogP contribution >= 0.6 is 0 Å². The number of hydrogen-bond donors (Lipinski definition) is 0. The van der Waals surface area contributed by atoms with E-state index in [2.05, 4.69) is 0 Å². The molecular formula is C35H35NO6. The smallest absolute Gasteiger partial charge is 0.302 e. The highest BCUT2D eigenvalue weighted by Gasteiger charge is 2.23. The van der Waals surface area contributed by atoms with Gasteiger partial charge in [-0.15, -0.1) is 0 Å². The summed E-state index contributed by atoms with van der Waals surface area (Å²) in [5.74, 6) is 2.12. The van der Waals surface area contributed by atoms with Crippen LogP contribution in [0, 0.1) is 0 Å². The summed E-state index contributed by atoms with van der Waals surface area (Å²) in [4.78, 5) is 16.7. The number of carbonyl (C=O) groups excluding carboxylic acids is 1. The van der Waals surface area contributed by atoms with Crippen LogP contribution in [-0.4, -0.2) is 32.4 Å². The number of aliphatic imine (C=N–C) groups is 1. The van der Waals surface area contributed by atoms with Crippen LogP contribution in [0.2, 0.25) is 0 Å². The molecule has 7 heteroatoms. The standard InChI is InChI=1S/C35H35NO6/c1-24(37)40-23-30-27(14-15-32(35(30)39-3)41-21-25-10-6-4-7-11-25)18-31-29-20-34(42-22-26-12-8-5-9-13-26)33(38-2)19-28(29)16-17-36-31/h4-15,19-20H,16-18,21-23H2,1-3H3. The predicted octanol–water partition coefficient (Wildman–Crippen LogP) is 6.51. The molecule has 0 aromatic heterocycles. The average molecular weight is 566 g/mol. The number of esters is 1. The Morgan fingerprint density at radius 1 is 0.762 bits per heavy atom. The van der Waals surface area contributed by atoms with E-state index >= 15 is 0 Å². The molecule has 5 rings (SSSR count). The molecule has 4 aromatic carbocycles. The molecule has 7 nitrogen and oxygen atoms in total. The number of fused-ring (bicyclic) bond motifs is 1. The molecule has 1 heterocycles. The fourth-order valence-electron chi connectivity index (χ4n) is 5.03. The van der Waals surface area contributed by atoms with Crippen LogP contribution in [0.4, 0.5) is 0 Å². The van der Waals surface area contributed by atoms with E-state index in [4.69, 9.17) is 28.7 Å². The Hall–Kier alpha value is -4.78. The Morgan fingerprint density at radius 3 is 2.05 bits per heavy atom. The van der Waals surface area contributed by atoms with Gasteiger partial charge in [0.05, 0.1) is 14.2 Å². The van der Waals surface area contributed by atoms with Crippen LogP contribution in [0.15, 0.2) is 89.9 Å². The molecule has 0 saturated carbocycles. The van der Waals surface area contributed by atoms with Gasteiger partial charge in [-0.1, -0.05) is 66.7 Å². The number of ether oxygens (including phenoxy) is 5. The Labute approximate surface area is 246 Å². The van der Waals surface area contributed by atoms with Crippen LogP contribution in [0.5, 0.6) is 23.0 Å². The van der Waals surface area contributed by atoms with Crippen LogP contribution in [0.3, 0.4) is 0 Å². The largest absolute Gasteiger partial charge is 0.493 e. The average Bonchev–Trinajstić information content (AvgIpc) is 3.02. The molecule has 0 unspecified atom stereocenters. The van der Waals surface area contributed by atoms with Crippen molar-refractivity contribution in [2.45, 2.75) is 39.6 Å². The van der Waals surface area contributed by atoms with Crippen molar-refractivity contribution < 1.29 is 28.5 Å². The van der Waals surface area contributed by atoms with Crippen molar-refractivity contribution in [3.05, 3.63) is 118 Å². The molecule has 4 aromatic rings. The van der Waals surface area contributed by atoms with Gasteiger partial charge in [0.25, 0.3) is 0 Å². The third-order valence-electron chi connectivity index (χ3n) is 7.16. The molecule has 42 heavy (non-hydrogen) atoms. The van der Waals surface area contributed by atoms with Crippen LogP contribution in [0.25, 0.3) is 0 Å². The lowest BCUT2D eigenvalue weighted by Crippen LogP contribution is -2.17. The second-order valence-corrected chi connectivity index (χ2v) is 9.98. The highest BCUT2D eigenvalue weighted by Crippen LogP contribution is 2.37. The van der Waals surface area contributed by atoms with E-state index in [-0.39, 0.29) is 12.6 Å². The van der Waals surface area contributed by atoms with Gasteiger partial charge < -0.3 is 23.7 Å². The number of carbonyl (C=O) groups is 1. The van der Waals surface area contributed by atoms with Crippen molar-refractivity contribution in [1.29, 1.82) is 0 Å². The number of nitrogens with zero attached hydrogens (tertiary/aromatic N) is 1. The predicted molar refractivity (Wildman–Crippen MR) is 162 cm³/mol. The van der Waals surface area contributed by atoms with E-state index < -0.39 is 0 Å². The van der Waals surface area contributed by atoms with Gasteiger partial charge in [-0.3, -0.25) is 9.79 Å². The van der Waals surface area contributed by atoms with E-state index in [0.717, 1.165) is 45.5 Å². The minimum Gasteiger partial charge on any atom is -0.493 e. The van der Waals surface area contributed by atoms with Gasteiger partial charge in [-0.05, 0) is 46.9 Å². The maximum absolute atomic E-state index is 11.8.